The Bertz CT molecular complexity index is 584. The Morgan fingerprint density at radius 2 is 1.63 bits per heavy atom. The fourth-order valence-electron chi connectivity index (χ4n) is 2.36. The molecule has 0 bridgehead atoms. The highest BCUT2D eigenvalue weighted by Crippen LogP contribution is 2.31. The summed E-state index contributed by atoms with van der Waals surface area (Å²) in [5.74, 6) is -1.43. The van der Waals surface area contributed by atoms with Gasteiger partial charge in [-0.15, -0.1) is 0 Å². The van der Waals surface area contributed by atoms with Crippen LogP contribution in [0.1, 0.15) is 11.5 Å². The number of benzene rings is 2. The van der Waals surface area contributed by atoms with Crippen molar-refractivity contribution in [2.45, 2.75) is 5.92 Å². The summed E-state index contributed by atoms with van der Waals surface area (Å²) in [5, 5.41) is 6.18. The predicted molar refractivity (Wildman–Crippen MR) is 72.5 cm³/mol. The first-order chi connectivity index (χ1) is 9.25. The van der Waals surface area contributed by atoms with Gasteiger partial charge in [0.05, 0.1) is 11.4 Å². The van der Waals surface area contributed by atoms with E-state index in [-0.39, 0.29) is 11.6 Å². The van der Waals surface area contributed by atoms with Gasteiger partial charge in [0, 0.05) is 19.0 Å². The second-order valence-electron chi connectivity index (χ2n) is 4.65. The normalized spacial score (nSPS) is 17.9. The molecule has 0 aromatic heterocycles. The molecular formula is C15H14F2N2. The van der Waals surface area contributed by atoms with Crippen LogP contribution in [0.2, 0.25) is 0 Å². The monoisotopic (exact) mass is 260 g/mol. The van der Waals surface area contributed by atoms with E-state index in [4.69, 9.17) is 0 Å². The van der Waals surface area contributed by atoms with Crippen LogP contribution in [0.25, 0.3) is 0 Å². The highest BCUT2D eigenvalue weighted by molar-refractivity contribution is 5.70. The average molecular weight is 260 g/mol. The molecule has 0 spiro atoms. The molecule has 3 rings (SSSR count). The van der Waals surface area contributed by atoms with Crippen molar-refractivity contribution in [1.29, 1.82) is 0 Å². The van der Waals surface area contributed by atoms with Crippen LogP contribution in [0.5, 0.6) is 0 Å². The van der Waals surface area contributed by atoms with Gasteiger partial charge in [0.2, 0.25) is 0 Å². The maximum Gasteiger partial charge on any atom is 0.183 e. The Morgan fingerprint density at radius 1 is 0.895 bits per heavy atom. The molecule has 1 aliphatic rings. The van der Waals surface area contributed by atoms with Crippen molar-refractivity contribution in [3.63, 3.8) is 0 Å². The smallest absolute Gasteiger partial charge is 0.183 e. The molecule has 1 atom stereocenters. The van der Waals surface area contributed by atoms with Gasteiger partial charge < -0.3 is 10.6 Å². The van der Waals surface area contributed by atoms with E-state index in [1.165, 1.54) is 5.56 Å². The SMILES string of the molecule is Fc1ccc2c(c1F)NCC(c1ccccc1)CN2. The molecule has 0 aliphatic carbocycles. The van der Waals surface area contributed by atoms with Crippen molar-refractivity contribution in [2.75, 3.05) is 23.7 Å². The van der Waals surface area contributed by atoms with Gasteiger partial charge >= 0.3 is 0 Å². The minimum Gasteiger partial charge on any atom is -0.383 e. The molecule has 98 valence electrons. The minimum absolute atomic E-state index is 0.219. The number of hydrogen-bond acceptors (Lipinski definition) is 2. The van der Waals surface area contributed by atoms with Crippen LogP contribution < -0.4 is 10.6 Å². The summed E-state index contributed by atoms with van der Waals surface area (Å²) in [6.07, 6.45) is 0. The number of halogens is 2. The molecule has 19 heavy (non-hydrogen) atoms. The Hall–Kier alpha value is -2.10. The molecule has 0 amide bonds. The van der Waals surface area contributed by atoms with Gasteiger partial charge in [0.15, 0.2) is 11.6 Å². The van der Waals surface area contributed by atoms with Crippen molar-refractivity contribution in [3.8, 4) is 0 Å². The van der Waals surface area contributed by atoms with Crippen molar-refractivity contribution >= 4 is 11.4 Å². The third-order valence-corrected chi connectivity index (χ3v) is 3.43. The Kier molecular flexibility index (Phi) is 3.07. The topological polar surface area (TPSA) is 24.1 Å². The first kappa shape index (κ1) is 12.0. The van der Waals surface area contributed by atoms with Crippen LogP contribution in [0.4, 0.5) is 20.2 Å². The number of fused-ring (bicyclic) bond motifs is 1. The molecular weight excluding hydrogens is 246 g/mol. The largest absolute Gasteiger partial charge is 0.383 e. The molecule has 0 radical (unpaired) electrons. The molecule has 0 saturated carbocycles. The zero-order chi connectivity index (χ0) is 13.2. The zero-order valence-electron chi connectivity index (χ0n) is 10.3. The third-order valence-electron chi connectivity index (χ3n) is 3.43. The quantitative estimate of drug-likeness (QED) is 0.818. The summed E-state index contributed by atoms with van der Waals surface area (Å²) in [4.78, 5) is 0. The van der Waals surface area contributed by atoms with Crippen molar-refractivity contribution in [2.24, 2.45) is 0 Å². The molecule has 2 nitrogen and oxygen atoms in total. The van der Waals surface area contributed by atoms with E-state index in [0.29, 0.717) is 18.8 Å². The lowest BCUT2D eigenvalue weighted by molar-refractivity contribution is 0.511. The Balaban J connectivity index is 1.88. The lowest BCUT2D eigenvalue weighted by Gasteiger charge is -2.14. The van der Waals surface area contributed by atoms with Crippen molar-refractivity contribution < 1.29 is 8.78 Å². The lowest BCUT2D eigenvalue weighted by atomic mass is 9.99. The number of hydrogen-bond donors (Lipinski definition) is 2. The van der Waals surface area contributed by atoms with Crippen LogP contribution in [-0.4, -0.2) is 13.1 Å². The maximum absolute atomic E-state index is 13.7. The number of nitrogens with one attached hydrogen (secondary N) is 2. The highest BCUT2D eigenvalue weighted by Gasteiger charge is 2.20. The van der Waals surface area contributed by atoms with Gasteiger partial charge in [0.25, 0.3) is 0 Å². The summed E-state index contributed by atoms with van der Waals surface area (Å²) >= 11 is 0. The van der Waals surface area contributed by atoms with Crippen LogP contribution >= 0.6 is 0 Å². The molecule has 1 heterocycles. The zero-order valence-corrected chi connectivity index (χ0v) is 10.3. The Labute approximate surface area is 110 Å². The molecule has 4 heteroatoms. The van der Waals surface area contributed by atoms with Crippen molar-refractivity contribution in [1.82, 2.24) is 0 Å². The van der Waals surface area contributed by atoms with E-state index in [2.05, 4.69) is 10.6 Å². The molecule has 0 saturated heterocycles. The third kappa shape index (κ3) is 2.26. The molecule has 1 unspecified atom stereocenters. The van der Waals surface area contributed by atoms with Gasteiger partial charge in [-0.2, -0.15) is 0 Å². The van der Waals surface area contributed by atoms with E-state index in [1.807, 2.05) is 30.3 Å². The van der Waals surface area contributed by atoms with Crippen LogP contribution in [-0.2, 0) is 0 Å². The minimum atomic E-state index is -0.828. The van der Waals surface area contributed by atoms with Crippen LogP contribution in [0, 0.1) is 11.6 Å². The van der Waals surface area contributed by atoms with E-state index in [0.717, 1.165) is 6.07 Å². The standard InChI is InChI=1S/C15H14F2N2/c16-12-6-7-13-15(14(12)17)19-9-11(8-18-13)10-4-2-1-3-5-10/h1-7,11,18-19H,8-9H2. The molecule has 1 aliphatic heterocycles. The maximum atomic E-state index is 13.7. The van der Waals surface area contributed by atoms with Gasteiger partial charge in [-0.05, 0) is 17.7 Å². The lowest BCUT2D eigenvalue weighted by Crippen LogP contribution is -2.16. The average Bonchev–Trinajstić information content (AvgIpc) is 2.67. The van der Waals surface area contributed by atoms with Gasteiger partial charge in [-0.3, -0.25) is 0 Å². The predicted octanol–water partition coefficient (Wildman–Crippen LogP) is 3.59. The highest BCUT2D eigenvalue weighted by atomic mass is 19.2. The van der Waals surface area contributed by atoms with Crippen molar-refractivity contribution in [3.05, 3.63) is 59.7 Å². The van der Waals surface area contributed by atoms with Crippen LogP contribution in [0.15, 0.2) is 42.5 Å². The van der Waals surface area contributed by atoms with Gasteiger partial charge in [0.1, 0.15) is 0 Å². The Morgan fingerprint density at radius 3 is 2.42 bits per heavy atom. The molecule has 0 fully saturated rings. The molecule has 2 aromatic carbocycles. The number of rotatable bonds is 1. The molecule has 2 N–H and O–H groups in total. The number of anilines is 2. The fraction of sp³-hybridized carbons (Fsp3) is 0.200. The first-order valence-corrected chi connectivity index (χ1v) is 6.26. The second-order valence-corrected chi connectivity index (χ2v) is 4.65. The summed E-state index contributed by atoms with van der Waals surface area (Å²) in [6, 6.07) is 12.7. The fourth-order valence-corrected chi connectivity index (χ4v) is 2.36. The summed E-state index contributed by atoms with van der Waals surface area (Å²) in [7, 11) is 0. The van der Waals surface area contributed by atoms with E-state index in [9.17, 15) is 8.78 Å². The summed E-state index contributed by atoms with van der Waals surface area (Å²) < 4.78 is 26.9. The van der Waals surface area contributed by atoms with E-state index in [1.54, 1.807) is 6.07 Å². The van der Waals surface area contributed by atoms with Gasteiger partial charge in [-0.1, -0.05) is 30.3 Å². The van der Waals surface area contributed by atoms with E-state index >= 15 is 0 Å². The van der Waals surface area contributed by atoms with Gasteiger partial charge in [-0.25, -0.2) is 8.78 Å². The second kappa shape index (κ2) is 4.88. The first-order valence-electron chi connectivity index (χ1n) is 6.26. The van der Waals surface area contributed by atoms with E-state index < -0.39 is 11.6 Å². The van der Waals surface area contributed by atoms with Crippen LogP contribution in [0.3, 0.4) is 0 Å². The molecule has 2 aromatic rings. The summed E-state index contributed by atoms with van der Waals surface area (Å²) in [6.45, 7) is 1.26. The summed E-state index contributed by atoms with van der Waals surface area (Å²) in [5.41, 5.74) is 2.01.